The number of benzene rings is 2. The normalized spacial score (nSPS) is 18.7. The number of carbonyl (C=O) groups excluding carboxylic acids is 1. The van der Waals surface area contributed by atoms with E-state index in [9.17, 15) is 23.1 Å². The van der Waals surface area contributed by atoms with E-state index in [1.54, 1.807) is 48.5 Å². The van der Waals surface area contributed by atoms with E-state index in [-0.39, 0.29) is 22.4 Å². The molecule has 0 saturated carbocycles. The van der Waals surface area contributed by atoms with E-state index in [0.29, 0.717) is 27.9 Å². The fourth-order valence-electron chi connectivity index (χ4n) is 3.79. The van der Waals surface area contributed by atoms with Crippen molar-refractivity contribution in [3.63, 3.8) is 0 Å². The van der Waals surface area contributed by atoms with Crippen LogP contribution in [0.1, 0.15) is 37.6 Å². The summed E-state index contributed by atoms with van der Waals surface area (Å²) in [5, 5.41) is 14.6. The van der Waals surface area contributed by atoms with Crippen LogP contribution >= 0.6 is 0 Å². The average molecular weight is 457 g/mol. The number of aromatic nitrogens is 1. The molecule has 0 bridgehead atoms. The molecule has 1 atom stereocenters. The molecule has 172 valence electrons. The van der Waals surface area contributed by atoms with E-state index < -0.39 is 24.2 Å². The molecule has 1 amide bonds. The highest BCUT2D eigenvalue weighted by molar-refractivity contribution is 6.08. The molecule has 1 aliphatic rings. The van der Waals surface area contributed by atoms with Gasteiger partial charge in [-0.3, -0.25) is 4.79 Å². The summed E-state index contributed by atoms with van der Waals surface area (Å²) in [7, 11) is 0. The lowest BCUT2D eigenvalue weighted by Crippen LogP contribution is -2.56. The Hall–Kier alpha value is -3.46. The molecule has 33 heavy (non-hydrogen) atoms. The van der Waals surface area contributed by atoms with Gasteiger partial charge in [-0.05, 0) is 45.0 Å². The Morgan fingerprint density at radius 2 is 1.82 bits per heavy atom. The van der Waals surface area contributed by atoms with Gasteiger partial charge in [-0.2, -0.15) is 23.3 Å². The summed E-state index contributed by atoms with van der Waals surface area (Å²) in [5.41, 5.74) is -2.14. The van der Waals surface area contributed by atoms with E-state index in [0.717, 1.165) is 0 Å². The molecule has 0 spiro atoms. The van der Waals surface area contributed by atoms with E-state index in [4.69, 9.17) is 4.74 Å². The molecule has 9 heteroatoms. The van der Waals surface area contributed by atoms with E-state index >= 15 is 0 Å². The molecular weight excluding hydrogens is 435 g/mol. The number of ether oxygens (including phenoxy) is 1. The number of halogens is 3. The molecular formula is C24H22F3N3O3. The van der Waals surface area contributed by atoms with Gasteiger partial charge in [0.05, 0.1) is 22.9 Å². The minimum atomic E-state index is -5.09. The van der Waals surface area contributed by atoms with Crippen LogP contribution in [0.3, 0.4) is 0 Å². The van der Waals surface area contributed by atoms with Gasteiger partial charge in [0.25, 0.3) is 11.6 Å². The van der Waals surface area contributed by atoms with E-state index in [1.165, 1.54) is 13.0 Å². The van der Waals surface area contributed by atoms with Gasteiger partial charge in [0.15, 0.2) is 0 Å². The van der Waals surface area contributed by atoms with Gasteiger partial charge in [0.2, 0.25) is 0 Å². The van der Waals surface area contributed by atoms with Crippen LogP contribution in [0.15, 0.2) is 59.7 Å². The van der Waals surface area contributed by atoms with Crippen molar-refractivity contribution in [2.45, 2.75) is 45.2 Å². The van der Waals surface area contributed by atoms with Crippen molar-refractivity contribution in [2.24, 2.45) is 5.10 Å². The molecule has 3 aromatic rings. The fraction of sp³-hybridized carbons (Fsp3) is 0.292. The third-order valence-corrected chi connectivity index (χ3v) is 5.24. The molecule has 0 radical (unpaired) electrons. The maximum Gasteiger partial charge on any atom is 0.438 e. The number of amides is 1. The second-order valence-electron chi connectivity index (χ2n) is 8.18. The SMILES string of the molecule is CC1=NN(C(=O)c2cc(-c3ccccc3OC(C)C)nc3ccccc23)[C@](O)(C(F)(F)F)C1. The van der Waals surface area contributed by atoms with Gasteiger partial charge in [0, 0.05) is 23.1 Å². The van der Waals surface area contributed by atoms with Crippen molar-refractivity contribution in [1.82, 2.24) is 9.99 Å². The molecule has 1 N–H and O–H groups in total. The third kappa shape index (κ3) is 4.04. The molecule has 1 aliphatic heterocycles. The largest absolute Gasteiger partial charge is 0.490 e. The lowest BCUT2D eigenvalue weighted by molar-refractivity contribution is -0.297. The number of carbonyl (C=O) groups is 1. The summed E-state index contributed by atoms with van der Waals surface area (Å²) in [6.45, 7) is 5.07. The number of hydrogen-bond acceptors (Lipinski definition) is 5. The van der Waals surface area contributed by atoms with Crippen LogP contribution in [0.5, 0.6) is 5.75 Å². The summed E-state index contributed by atoms with van der Waals surface area (Å²) in [5.74, 6) is -0.552. The summed E-state index contributed by atoms with van der Waals surface area (Å²) < 4.78 is 47.1. The smallest absolute Gasteiger partial charge is 0.438 e. The van der Waals surface area contributed by atoms with Gasteiger partial charge < -0.3 is 9.84 Å². The number of pyridine rings is 1. The van der Waals surface area contributed by atoms with Crippen molar-refractivity contribution >= 4 is 22.5 Å². The zero-order valence-electron chi connectivity index (χ0n) is 18.2. The maximum atomic E-state index is 13.7. The van der Waals surface area contributed by atoms with Crippen LogP contribution < -0.4 is 4.74 Å². The molecule has 1 aromatic heterocycles. The lowest BCUT2D eigenvalue weighted by atomic mass is 10.0. The minimum Gasteiger partial charge on any atom is -0.490 e. The van der Waals surface area contributed by atoms with Crippen molar-refractivity contribution in [3.05, 3.63) is 60.2 Å². The Bertz CT molecular complexity index is 1260. The quantitative estimate of drug-likeness (QED) is 0.587. The molecule has 4 rings (SSSR count). The Morgan fingerprint density at radius 1 is 1.15 bits per heavy atom. The van der Waals surface area contributed by atoms with Crippen LogP contribution in [0.4, 0.5) is 13.2 Å². The zero-order chi connectivity index (χ0) is 24.0. The van der Waals surface area contributed by atoms with Crippen LogP contribution in [0.25, 0.3) is 22.2 Å². The first-order valence-corrected chi connectivity index (χ1v) is 10.3. The first-order chi connectivity index (χ1) is 15.5. The van der Waals surface area contributed by atoms with E-state index in [1.807, 2.05) is 13.8 Å². The van der Waals surface area contributed by atoms with Crippen LogP contribution in [-0.2, 0) is 0 Å². The van der Waals surface area contributed by atoms with Crippen LogP contribution in [-0.4, -0.2) is 44.7 Å². The number of alkyl halides is 3. The zero-order valence-corrected chi connectivity index (χ0v) is 18.2. The number of nitrogens with zero attached hydrogens (tertiary/aromatic N) is 3. The standard InChI is InChI=1S/C24H22F3N3O3/c1-14(2)33-21-11-7-5-9-17(21)20-12-18(16-8-4-6-10-19(16)28-20)22(31)30-23(32,24(25,26)27)13-15(3)29-30/h4-12,14,32H,13H2,1-3H3/t23-/m1/s1. The third-order valence-electron chi connectivity index (χ3n) is 5.24. The predicted molar refractivity (Wildman–Crippen MR) is 118 cm³/mol. The maximum absolute atomic E-state index is 13.7. The summed E-state index contributed by atoms with van der Waals surface area (Å²) in [6.07, 6.45) is -6.03. The summed E-state index contributed by atoms with van der Waals surface area (Å²) in [6, 6.07) is 15.1. The summed E-state index contributed by atoms with van der Waals surface area (Å²) >= 11 is 0. The fourth-order valence-corrected chi connectivity index (χ4v) is 3.79. The van der Waals surface area contributed by atoms with Crippen molar-refractivity contribution < 1.29 is 27.8 Å². The monoisotopic (exact) mass is 457 g/mol. The van der Waals surface area contributed by atoms with Gasteiger partial charge >= 0.3 is 6.18 Å². The summed E-state index contributed by atoms with van der Waals surface area (Å²) in [4.78, 5) is 18.0. The number of hydrazone groups is 1. The molecule has 2 aromatic carbocycles. The van der Waals surface area contributed by atoms with Crippen LogP contribution in [0, 0.1) is 0 Å². The number of rotatable bonds is 4. The predicted octanol–water partition coefficient (Wildman–Crippen LogP) is 5.16. The Balaban J connectivity index is 1.90. The van der Waals surface area contributed by atoms with Gasteiger partial charge in [0.1, 0.15) is 5.75 Å². The van der Waals surface area contributed by atoms with Crippen molar-refractivity contribution in [1.29, 1.82) is 0 Å². The van der Waals surface area contributed by atoms with Gasteiger partial charge in [-0.15, -0.1) is 0 Å². The molecule has 2 heterocycles. The number of fused-ring (bicyclic) bond motifs is 1. The molecule has 0 aliphatic carbocycles. The molecule has 0 fully saturated rings. The average Bonchev–Trinajstić information content (AvgIpc) is 3.08. The second-order valence-corrected chi connectivity index (χ2v) is 8.18. The Morgan fingerprint density at radius 3 is 2.52 bits per heavy atom. The number of aliphatic hydroxyl groups is 1. The highest BCUT2D eigenvalue weighted by Crippen LogP contribution is 2.42. The minimum absolute atomic E-state index is 0.00237. The molecule has 0 saturated heterocycles. The van der Waals surface area contributed by atoms with E-state index in [2.05, 4.69) is 10.1 Å². The molecule has 6 nitrogen and oxygen atoms in total. The first-order valence-electron chi connectivity index (χ1n) is 10.3. The van der Waals surface area contributed by atoms with Gasteiger partial charge in [-0.1, -0.05) is 30.3 Å². The topological polar surface area (TPSA) is 75.0 Å². The van der Waals surface area contributed by atoms with Crippen molar-refractivity contribution in [2.75, 3.05) is 0 Å². The highest BCUT2D eigenvalue weighted by Gasteiger charge is 2.62. The van der Waals surface area contributed by atoms with Crippen molar-refractivity contribution in [3.8, 4) is 17.0 Å². The number of hydrogen-bond donors (Lipinski definition) is 1. The van der Waals surface area contributed by atoms with Crippen LogP contribution in [0.2, 0.25) is 0 Å². The molecule has 0 unspecified atom stereocenters. The Labute approximate surface area is 188 Å². The number of para-hydroxylation sites is 2. The lowest BCUT2D eigenvalue weighted by Gasteiger charge is -2.32. The highest BCUT2D eigenvalue weighted by atomic mass is 19.4. The van der Waals surface area contributed by atoms with Gasteiger partial charge in [-0.25, -0.2) is 4.98 Å². The first kappa shape index (κ1) is 22.7. The Kier molecular flexibility index (Phi) is 5.61. The second kappa shape index (κ2) is 8.15.